The third kappa shape index (κ3) is 5.08. The van der Waals surface area contributed by atoms with Gasteiger partial charge in [-0.25, -0.2) is 0 Å². The van der Waals surface area contributed by atoms with Crippen LogP contribution < -0.4 is 5.32 Å². The summed E-state index contributed by atoms with van der Waals surface area (Å²) in [5, 5.41) is 11.6. The fourth-order valence-corrected chi connectivity index (χ4v) is 2.91. The molecule has 0 aliphatic carbocycles. The molecule has 3 aromatic rings. The fourth-order valence-electron chi connectivity index (χ4n) is 2.91. The van der Waals surface area contributed by atoms with Gasteiger partial charge < -0.3 is 10.2 Å². The van der Waals surface area contributed by atoms with Gasteiger partial charge in [0.2, 0.25) is 0 Å². The van der Waals surface area contributed by atoms with E-state index in [1.165, 1.54) is 0 Å². The van der Waals surface area contributed by atoms with E-state index in [2.05, 4.69) is 5.32 Å². The number of anilines is 1. The Balaban J connectivity index is 1.67. The molecule has 0 bridgehead atoms. The average Bonchev–Trinajstić information content (AvgIpc) is 2.78. The smallest absolute Gasteiger partial charge is 0.255 e. The molecule has 0 saturated heterocycles. The standard InChI is InChI=1S/C24H21N3O2/c1-2-27(17-19-6-4-3-5-7-19)24(29)21-12-10-20(11-13-21)23(28)26-22-14-8-18(16-25)9-15-22/h3-15H,2,17H2,1H3,(H,26,28). The molecule has 1 N–H and O–H groups in total. The third-order valence-corrected chi connectivity index (χ3v) is 4.55. The fraction of sp³-hybridized carbons (Fsp3) is 0.125. The van der Waals surface area contributed by atoms with Crippen molar-refractivity contribution in [3.05, 3.63) is 101 Å². The van der Waals surface area contributed by atoms with Crippen molar-refractivity contribution in [3.63, 3.8) is 0 Å². The predicted molar refractivity (Wildman–Crippen MR) is 112 cm³/mol. The molecule has 5 nitrogen and oxygen atoms in total. The van der Waals surface area contributed by atoms with Gasteiger partial charge in [-0.15, -0.1) is 0 Å². The molecular weight excluding hydrogens is 362 g/mol. The van der Waals surface area contributed by atoms with Gasteiger partial charge in [-0.2, -0.15) is 5.26 Å². The van der Waals surface area contributed by atoms with Crippen molar-refractivity contribution in [3.8, 4) is 6.07 Å². The summed E-state index contributed by atoms with van der Waals surface area (Å²) in [6.45, 7) is 3.08. The second kappa shape index (κ2) is 9.34. The zero-order valence-corrected chi connectivity index (χ0v) is 16.1. The molecule has 144 valence electrons. The average molecular weight is 383 g/mol. The van der Waals surface area contributed by atoms with Crippen LogP contribution in [0.1, 0.15) is 38.8 Å². The molecule has 2 amide bonds. The van der Waals surface area contributed by atoms with Gasteiger partial charge in [-0.3, -0.25) is 9.59 Å². The Morgan fingerprint density at radius 3 is 2.10 bits per heavy atom. The van der Waals surface area contributed by atoms with Gasteiger partial charge in [0.15, 0.2) is 0 Å². The van der Waals surface area contributed by atoms with Gasteiger partial charge in [0, 0.05) is 29.9 Å². The van der Waals surface area contributed by atoms with Gasteiger partial charge in [-0.05, 0) is 61.0 Å². The number of benzene rings is 3. The molecule has 29 heavy (non-hydrogen) atoms. The van der Waals surface area contributed by atoms with Gasteiger partial charge >= 0.3 is 0 Å². The van der Waals surface area contributed by atoms with Crippen molar-refractivity contribution in [2.75, 3.05) is 11.9 Å². The van der Waals surface area contributed by atoms with Gasteiger partial charge in [-0.1, -0.05) is 30.3 Å². The van der Waals surface area contributed by atoms with Crippen LogP contribution in [0.15, 0.2) is 78.9 Å². The largest absolute Gasteiger partial charge is 0.335 e. The molecule has 5 heteroatoms. The Morgan fingerprint density at radius 1 is 0.897 bits per heavy atom. The first-order valence-corrected chi connectivity index (χ1v) is 9.35. The van der Waals surface area contributed by atoms with Crippen LogP contribution in [0.2, 0.25) is 0 Å². The topological polar surface area (TPSA) is 73.2 Å². The Hall–Kier alpha value is -3.91. The van der Waals surface area contributed by atoms with Crippen molar-refractivity contribution in [2.24, 2.45) is 0 Å². The number of carbonyl (C=O) groups excluding carboxylic acids is 2. The molecule has 0 fully saturated rings. The molecule has 0 aliphatic heterocycles. The second-order valence-corrected chi connectivity index (χ2v) is 6.53. The van der Waals surface area contributed by atoms with Crippen molar-refractivity contribution in [2.45, 2.75) is 13.5 Å². The summed E-state index contributed by atoms with van der Waals surface area (Å²) >= 11 is 0. The highest BCUT2D eigenvalue weighted by atomic mass is 16.2. The van der Waals surface area contributed by atoms with Crippen molar-refractivity contribution in [1.82, 2.24) is 4.90 Å². The van der Waals surface area contributed by atoms with Crippen LogP contribution in [0.25, 0.3) is 0 Å². The molecule has 0 radical (unpaired) electrons. The lowest BCUT2D eigenvalue weighted by Crippen LogP contribution is -2.30. The van der Waals surface area contributed by atoms with E-state index in [9.17, 15) is 9.59 Å². The van der Waals surface area contributed by atoms with E-state index in [1.807, 2.05) is 43.3 Å². The quantitative estimate of drug-likeness (QED) is 0.682. The van der Waals surface area contributed by atoms with E-state index in [-0.39, 0.29) is 11.8 Å². The van der Waals surface area contributed by atoms with E-state index in [0.29, 0.717) is 35.5 Å². The lowest BCUT2D eigenvalue weighted by molar-refractivity contribution is 0.0752. The Bertz CT molecular complexity index is 1020. The maximum Gasteiger partial charge on any atom is 0.255 e. The van der Waals surface area contributed by atoms with Crippen molar-refractivity contribution < 1.29 is 9.59 Å². The highest BCUT2D eigenvalue weighted by Crippen LogP contribution is 2.14. The summed E-state index contributed by atoms with van der Waals surface area (Å²) < 4.78 is 0. The van der Waals surface area contributed by atoms with E-state index in [1.54, 1.807) is 53.4 Å². The minimum Gasteiger partial charge on any atom is -0.335 e. The number of nitrogens with zero attached hydrogens (tertiary/aromatic N) is 2. The summed E-state index contributed by atoms with van der Waals surface area (Å²) in [7, 11) is 0. The SMILES string of the molecule is CCN(Cc1ccccc1)C(=O)c1ccc(C(=O)Nc2ccc(C#N)cc2)cc1. The number of nitrogens with one attached hydrogen (secondary N) is 1. The summed E-state index contributed by atoms with van der Waals surface area (Å²) in [6.07, 6.45) is 0. The van der Waals surface area contributed by atoms with Crippen LogP contribution in [-0.4, -0.2) is 23.3 Å². The number of carbonyl (C=O) groups is 2. The van der Waals surface area contributed by atoms with E-state index in [0.717, 1.165) is 5.56 Å². The first-order valence-electron chi connectivity index (χ1n) is 9.35. The first kappa shape index (κ1) is 19.8. The molecule has 0 heterocycles. The molecule has 0 spiro atoms. The van der Waals surface area contributed by atoms with Gasteiger partial charge in [0.1, 0.15) is 0 Å². The number of hydrogen-bond acceptors (Lipinski definition) is 3. The van der Waals surface area contributed by atoms with Crippen LogP contribution >= 0.6 is 0 Å². The summed E-state index contributed by atoms with van der Waals surface area (Å²) in [4.78, 5) is 27.0. The molecule has 3 aromatic carbocycles. The molecular formula is C24H21N3O2. The monoisotopic (exact) mass is 383 g/mol. The van der Waals surface area contributed by atoms with Crippen LogP contribution in [0.4, 0.5) is 5.69 Å². The minimum absolute atomic E-state index is 0.0737. The van der Waals surface area contributed by atoms with Crippen LogP contribution in [0, 0.1) is 11.3 Å². The highest BCUT2D eigenvalue weighted by molar-refractivity contribution is 6.05. The van der Waals surface area contributed by atoms with Crippen LogP contribution in [-0.2, 0) is 6.54 Å². The first-order chi connectivity index (χ1) is 14.1. The maximum absolute atomic E-state index is 12.8. The minimum atomic E-state index is -0.273. The molecule has 0 saturated carbocycles. The third-order valence-electron chi connectivity index (χ3n) is 4.55. The zero-order valence-electron chi connectivity index (χ0n) is 16.1. The van der Waals surface area contributed by atoms with Crippen molar-refractivity contribution >= 4 is 17.5 Å². The van der Waals surface area contributed by atoms with Crippen LogP contribution in [0.5, 0.6) is 0 Å². The number of amides is 2. The number of nitriles is 1. The molecule has 0 atom stereocenters. The van der Waals surface area contributed by atoms with Gasteiger partial charge in [0.25, 0.3) is 11.8 Å². The normalized spacial score (nSPS) is 10.1. The maximum atomic E-state index is 12.8. The molecule has 0 aliphatic rings. The Labute approximate surface area is 170 Å². The summed E-state index contributed by atoms with van der Waals surface area (Å²) in [5.74, 6) is -0.347. The Morgan fingerprint density at radius 2 is 1.52 bits per heavy atom. The lowest BCUT2D eigenvalue weighted by Gasteiger charge is -2.21. The van der Waals surface area contributed by atoms with E-state index < -0.39 is 0 Å². The summed E-state index contributed by atoms with van der Waals surface area (Å²) in [5.41, 5.74) is 3.20. The van der Waals surface area contributed by atoms with E-state index in [4.69, 9.17) is 5.26 Å². The molecule has 0 unspecified atom stereocenters. The zero-order chi connectivity index (χ0) is 20.6. The number of hydrogen-bond donors (Lipinski definition) is 1. The molecule has 0 aromatic heterocycles. The number of rotatable bonds is 6. The molecule has 3 rings (SSSR count). The highest BCUT2D eigenvalue weighted by Gasteiger charge is 2.15. The lowest BCUT2D eigenvalue weighted by atomic mass is 10.1. The predicted octanol–water partition coefficient (Wildman–Crippen LogP) is 4.47. The van der Waals surface area contributed by atoms with Crippen molar-refractivity contribution in [1.29, 1.82) is 5.26 Å². The summed E-state index contributed by atoms with van der Waals surface area (Å²) in [6, 6.07) is 25.1. The van der Waals surface area contributed by atoms with E-state index >= 15 is 0 Å². The second-order valence-electron chi connectivity index (χ2n) is 6.53. The Kier molecular flexibility index (Phi) is 6.39. The van der Waals surface area contributed by atoms with Gasteiger partial charge in [0.05, 0.1) is 11.6 Å². The van der Waals surface area contributed by atoms with Crippen LogP contribution in [0.3, 0.4) is 0 Å².